The summed E-state index contributed by atoms with van der Waals surface area (Å²) in [5, 5.41) is 12.8. The van der Waals surface area contributed by atoms with Crippen LogP contribution in [0.3, 0.4) is 0 Å². The number of amides is 1. The number of pyridine rings is 3. The van der Waals surface area contributed by atoms with Gasteiger partial charge in [-0.2, -0.15) is 5.26 Å². The van der Waals surface area contributed by atoms with E-state index in [1.54, 1.807) is 19.1 Å². The van der Waals surface area contributed by atoms with Gasteiger partial charge in [0, 0.05) is 35.1 Å². The third kappa shape index (κ3) is 3.45. The largest absolute Gasteiger partial charge is 0.383 e. The van der Waals surface area contributed by atoms with Gasteiger partial charge in [0.1, 0.15) is 11.6 Å². The van der Waals surface area contributed by atoms with Crippen LogP contribution in [0.2, 0.25) is 0 Å². The fourth-order valence-corrected chi connectivity index (χ4v) is 3.25. The summed E-state index contributed by atoms with van der Waals surface area (Å²) in [5.74, 6) is -0.313. The summed E-state index contributed by atoms with van der Waals surface area (Å²) in [6, 6.07) is 5.40. The number of carbonyl (C=O) groups excluding carboxylic acids is 1. The number of anilines is 2. The molecule has 3 aromatic heterocycles. The van der Waals surface area contributed by atoms with Crippen LogP contribution in [0.15, 0.2) is 30.7 Å². The Morgan fingerprint density at radius 3 is 2.83 bits per heavy atom. The number of hydrogen-bond acceptors (Lipinski definition) is 6. The van der Waals surface area contributed by atoms with Crippen molar-refractivity contribution in [3.05, 3.63) is 41.9 Å². The Labute approximate surface area is 164 Å². The second-order valence-electron chi connectivity index (χ2n) is 6.95. The van der Waals surface area contributed by atoms with Crippen LogP contribution in [0.25, 0.3) is 22.0 Å². The fourth-order valence-electron chi connectivity index (χ4n) is 3.25. The molecule has 0 radical (unpaired) electrons. The van der Waals surface area contributed by atoms with Crippen LogP contribution in [-0.2, 0) is 4.79 Å². The van der Waals surface area contributed by atoms with Crippen LogP contribution >= 0.6 is 0 Å². The molecule has 7 nitrogen and oxygen atoms in total. The number of rotatable bonds is 4. The van der Waals surface area contributed by atoms with Crippen molar-refractivity contribution >= 4 is 28.3 Å². The van der Waals surface area contributed by atoms with Gasteiger partial charge < -0.3 is 11.1 Å². The predicted octanol–water partition coefficient (Wildman–Crippen LogP) is 3.62. The zero-order chi connectivity index (χ0) is 20.7. The number of nitrogen functional groups attached to an aromatic ring is 1. The minimum absolute atomic E-state index is 0.165. The van der Waals surface area contributed by atoms with Crippen LogP contribution in [0.4, 0.5) is 20.4 Å². The zero-order valence-corrected chi connectivity index (χ0v) is 15.4. The zero-order valence-electron chi connectivity index (χ0n) is 15.4. The quantitative estimate of drug-likeness (QED) is 0.698. The first kappa shape index (κ1) is 18.7. The van der Waals surface area contributed by atoms with Crippen molar-refractivity contribution in [2.75, 3.05) is 11.1 Å². The van der Waals surface area contributed by atoms with Crippen molar-refractivity contribution in [2.24, 2.45) is 11.8 Å². The average Bonchev–Trinajstić information content (AvgIpc) is 3.47. The highest BCUT2D eigenvalue weighted by molar-refractivity contribution is 5.98. The Bertz CT molecular complexity index is 1170. The molecule has 3 aromatic rings. The number of halogens is 2. The summed E-state index contributed by atoms with van der Waals surface area (Å²) in [6.45, 7) is 1.58. The molecule has 1 saturated carbocycles. The molecular formula is C20H16F2N6O. The van der Waals surface area contributed by atoms with Gasteiger partial charge in [-0.1, -0.05) is 0 Å². The molecule has 3 N–H and O–H groups in total. The molecule has 1 aliphatic rings. The monoisotopic (exact) mass is 394 g/mol. The van der Waals surface area contributed by atoms with Gasteiger partial charge in [0.05, 0.1) is 23.6 Å². The number of hydrogen-bond donors (Lipinski definition) is 2. The van der Waals surface area contributed by atoms with Gasteiger partial charge in [0.15, 0.2) is 0 Å². The molecule has 0 aliphatic heterocycles. The van der Waals surface area contributed by atoms with E-state index in [1.807, 2.05) is 0 Å². The number of carbonyl (C=O) groups is 1. The summed E-state index contributed by atoms with van der Waals surface area (Å²) >= 11 is 0. The number of aromatic nitrogens is 3. The van der Waals surface area contributed by atoms with E-state index in [0.29, 0.717) is 39.8 Å². The van der Waals surface area contributed by atoms with E-state index in [4.69, 9.17) is 11.0 Å². The van der Waals surface area contributed by atoms with Crippen molar-refractivity contribution in [2.45, 2.75) is 19.8 Å². The Balaban J connectivity index is 1.72. The number of nitrogens with zero attached hydrogens (tertiary/aromatic N) is 4. The van der Waals surface area contributed by atoms with E-state index in [0.717, 1.165) is 6.20 Å². The Morgan fingerprint density at radius 1 is 1.34 bits per heavy atom. The third-order valence-corrected chi connectivity index (χ3v) is 5.05. The first-order valence-corrected chi connectivity index (χ1v) is 8.88. The summed E-state index contributed by atoms with van der Waals surface area (Å²) in [7, 11) is 0. The summed E-state index contributed by atoms with van der Waals surface area (Å²) < 4.78 is 26.4. The van der Waals surface area contributed by atoms with Gasteiger partial charge in [-0.05, 0) is 36.4 Å². The van der Waals surface area contributed by atoms with Gasteiger partial charge in [-0.3, -0.25) is 9.78 Å². The molecule has 0 bridgehead atoms. The molecule has 146 valence electrons. The molecule has 0 unspecified atom stereocenters. The highest BCUT2D eigenvalue weighted by atomic mass is 19.3. The standard InChI is InChI=1S/C20H16F2N6O/c1-9-13(6-25-7-14(9)18(21)22)16-3-10-4-17(26-8-15(10)19(24)27-16)28-20(29)12-2-11(12)5-23/h3-4,6-8,11-12,18H,2H2,1H3,(H2,24,27)(H,26,28,29)/t11-,12+/m1/s1. The van der Waals surface area contributed by atoms with Gasteiger partial charge in [0.25, 0.3) is 6.43 Å². The molecule has 0 aromatic carbocycles. The maximum Gasteiger partial charge on any atom is 0.265 e. The lowest BCUT2D eigenvalue weighted by Gasteiger charge is -2.12. The maximum absolute atomic E-state index is 13.2. The van der Waals surface area contributed by atoms with Crippen molar-refractivity contribution in [1.29, 1.82) is 5.26 Å². The van der Waals surface area contributed by atoms with E-state index >= 15 is 0 Å². The summed E-state index contributed by atoms with van der Waals surface area (Å²) in [5.41, 5.74) is 7.11. The minimum atomic E-state index is -2.65. The molecule has 4 rings (SSSR count). The molecule has 1 fully saturated rings. The molecule has 0 spiro atoms. The van der Waals surface area contributed by atoms with Crippen LogP contribution in [0.1, 0.15) is 24.0 Å². The number of alkyl halides is 2. The number of nitrogens with two attached hydrogens (primary N) is 1. The second kappa shape index (κ2) is 7.05. The predicted molar refractivity (Wildman–Crippen MR) is 103 cm³/mol. The molecule has 0 saturated heterocycles. The maximum atomic E-state index is 13.2. The van der Waals surface area contributed by atoms with Gasteiger partial charge in [-0.15, -0.1) is 0 Å². The van der Waals surface area contributed by atoms with E-state index in [1.165, 1.54) is 12.4 Å². The summed E-state index contributed by atoms with van der Waals surface area (Å²) in [6.07, 6.45) is 1.99. The first-order valence-electron chi connectivity index (χ1n) is 8.88. The lowest BCUT2D eigenvalue weighted by Crippen LogP contribution is -2.15. The fraction of sp³-hybridized carbons (Fsp3) is 0.250. The Hall–Kier alpha value is -3.67. The van der Waals surface area contributed by atoms with Crippen molar-refractivity contribution in [1.82, 2.24) is 15.0 Å². The smallest absolute Gasteiger partial charge is 0.265 e. The first-order chi connectivity index (χ1) is 13.9. The van der Waals surface area contributed by atoms with Gasteiger partial charge >= 0.3 is 0 Å². The van der Waals surface area contributed by atoms with Crippen LogP contribution in [0, 0.1) is 30.1 Å². The van der Waals surface area contributed by atoms with E-state index in [2.05, 4.69) is 26.3 Å². The van der Waals surface area contributed by atoms with E-state index in [9.17, 15) is 13.6 Å². The highest BCUT2D eigenvalue weighted by Gasteiger charge is 2.43. The van der Waals surface area contributed by atoms with Gasteiger partial charge in [0.2, 0.25) is 5.91 Å². The van der Waals surface area contributed by atoms with Crippen molar-refractivity contribution in [3.8, 4) is 17.3 Å². The summed E-state index contributed by atoms with van der Waals surface area (Å²) in [4.78, 5) is 24.5. The van der Waals surface area contributed by atoms with Crippen LogP contribution < -0.4 is 11.1 Å². The molecular weight excluding hydrogens is 378 g/mol. The number of fused-ring (bicyclic) bond motifs is 1. The molecule has 9 heteroatoms. The molecule has 2 atom stereocenters. The van der Waals surface area contributed by atoms with E-state index in [-0.39, 0.29) is 29.1 Å². The number of nitrogens with one attached hydrogen (secondary N) is 1. The van der Waals surface area contributed by atoms with E-state index < -0.39 is 6.43 Å². The lowest BCUT2D eigenvalue weighted by molar-refractivity contribution is -0.117. The number of nitriles is 1. The van der Waals surface area contributed by atoms with Gasteiger partial charge in [-0.25, -0.2) is 18.7 Å². The average molecular weight is 394 g/mol. The normalized spacial score (nSPS) is 17.9. The lowest BCUT2D eigenvalue weighted by atomic mass is 10.0. The Morgan fingerprint density at radius 2 is 2.14 bits per heavy atom. The topological polar surface area (TPSA) is 118 Å². The minimum Gasteiger partial charge on any atom is -0.383 e. The SMILES string of the molecule is Cc1c(-c2cc3cc(NC(=O)[C@H]4C[C@@H]4C#N)ncc3c(N)n2)cncc1C(F)F. The van der Waals surface area contributed by atoms with Crippen molar-refractivity contribution < 1.29 is 13.6 Å². The van der Waals surface area contributed by atoms with Crippen molar-refractivity contribution in [3.63, 3.8) is 0 Å². The van der Waals surface area contributed by atoms with Crippen LogP contribution in [0.5, 0.6) is 0 Å². The van der Waals surface area contributed by atoms with Crippen LogP contribution in [-0.4, -0.2) is 20.9 Å². The Kier molecular flexibility index (Phi) is 4.54. The molecule has 3 heterocycles. The third-order valence-electron chi connectivity index (χ3n) is 5.05. The second-order valence-corrected chi connectivity index (χ2v) is 6.95. The molecule has 29 heavy (non-hydrogen) atoms. The highest BCUT2D eigenvalue weighted by Crippen LogP contribution is 2.38. The molecule has 1 amide bonds. The molecule has 1 aliphatic carbocycles.